The fourth-order valence-electron chi connectivity index (χ4n) is 2.01. The molecule has 0 aliphatic heterocycles. The van der Waals surface area contributed by atoms with E-state index in [9.17, 15) is 0 Å². The van der Waals surface area contributed by atoms with E-state index in [-0.39, 0.29) is 15.4 Å². The van der Waals surface area contributed by atoms with E-state index in [4.69, 9.17) is 4.42 Å². The first kappa shape index (κ1) is 13.1. The third-order valence-corrected chi connectivity index (χ3v) is 5.97. The van der Waals surface area contributed by atoms with Crippen molar-refractivity contribution >= 4 is 58.0 Å². The number of rotatable bonds is 1. The molecule has 0 N–H and O–H groups in total. The predicted octanol–water partition coefficient (Wildman–Crippen LogP) is 3.69. The number of aromatic nitrogens is 2. The van der Waals surface area contributed by atoms with Gasteiger partial charge in [0.25, 0.3) is 0 Å². The molecule has 0 fully saturated rings. The maximum atomic E-state index is 5.84. The SMILES string of the molecule is C[C](C)(C)[Ge][c]1ccc2c(n1)oc1c(Br)nccc12. The van der Waals surface area contributed by atoms with Crippen molar-refractivity contribution < 1.29 is 4.42 Å². The average molecular weight is 378 g/mol. The molecule has 96 valence electrons. The molecule has 0 unspecified atom stereocenters. The van der Waals surface area contributed by atoms with Crippen molar-refractivity contribution in [1.82, 2.24) is 9.97 Å². The van der Waals surface area contributed by atoms with Gasteiger partial charge in [-0.05, 0) is 0 Å². The third-order valence-electron chi connectivity index (χ3n) is 2.71. The van der Waals surface area contributed by atoms with Crippen molar-refractivity contribution in [3.8, 4) is 0 Å². The molecule has 3 nitrogen and oxygen atoms in total. The molecule has 0 atom stereocenters. The molecule has 0 saturated carbocycles. The number of hydrogen-bond acceptors (Lipinski definition) is 3. The standard InChI is InChI=1S/C14H13BrGeN2O/c1-14(2,3)16-10-5-4-9-8-6-7-17-12(15)11(8)19-13(9)18-10/h4-7H,1-3H3. The topological polar surface area (TPSA) is 38.9 Å². The zero-order valence-corrected chi connectivity index (χ0v) is 14.7. The van der Waals surface area contributed by atoms with E-state index in [1.165, 1.54) is 4.53 Å². The third kappa shape index (κ3) is 2.56. The van der Waals surface area contributed by atoms with E-state index in [2.05, 4.69) is 58.8 Å². The van der Waals surface area contributed by atoms with Crippen molar-refractivity contribution in [3.63, 3.8) is 0 Å². The molecule has 0 spiro atoms. The van der Waals surface area contributed by atoms with Crippen LogP contribution in [0.3, 0.4) is 0 Å². The molecule has 5 heteroatoms. The number of fused-ring (bicyclic) bond motifs is 3. The van der Waals surface area contributed by atoms with Crippen LogP contribution in [0.5, 0.6) is 0 Å². The zero-order chi connectivity index (χ0) is 13.6. The molecule has 0 bridgehead atoms. The van der Waals surface area contributed by atoms with Crippen molar-refractivity contribution in [2.45, 2.75) is 25.0 Å². The minimum atomic E-state index is -0.272. The molecule has 3 rings (SSSR count). The second-order valence-electron chi connectivity index (χ2n) is 5.50. The summed E-state index contributed by atoms with van der Waals surface area (Å²) in [6.07, 6.45) is 1.78. The van der Waals surface area contributed by atoms with Crippen LogP contribution >= 0.6 is 15.9 Å². The van der Waals surface area contributed by atoms with Gasteiger partial charge in [-0.1, -0.05) is 0 Å². The van der Waals surface area contributed by atoms with E-state index in [0.717, 1.165) is 21.0 Å². The van der Waals surface area contributed by atoms with Crippen molar-refractivity contribution in [2.24, 2.45) is 0 Å². The summed E-state index contributed by atoms with van der Waals surface area (Å²) in [6.45, 7) is 6.79. The van der Waals surface area contributed by atoms with Crippen LogP contribution in [-0.2, 0) is 0 Å². The van der Waals surface area contributed by atoms with Crippen molar-refractivity contribution in [3.05, 3.63) is 29.0 Å². The molecule has 2 radical (unpaired) electrons. The number of hydrogen-bond donors (Lipinski definition) is 0. The normalized spacial score (nSPS) is 12.4. The number of pyridine rings is 2. The molecular formula is C14H13BrGeN2O. The van der Waals surface area contributed by atoms with Gasteiger partial charge in [-0.25, -0.2) is 0 Å². The Kier molecular flexibility index (Phi) is 3.17. The molecule has 0 aliphatic carbocycles. The van der Waals surface area contributed by atoms with E-state index < -0.39 is 0 Å². The first-order chi connectivity index (χ1) is 8.94. The molecule has 19 heavy (non-hydrogen) atoms. The van der Waals surface area contributed by atoms with Crippen LogP contribution in [0.4, 0.5) is 0 Å². The van der Waals surface area contributed by atoms with Crippen molar-refractivity contribution in [2.75, 3.05) is 0 Å². The summed E-state index contributed by atoms with van der Waals surface area (Å²) in [4.78, 5) is 8.87. The number of furan rings is 1. The minimum absolute atomic E-state index is 0.272. The Bertz CT molecular complexity index is 761. The van der Waals surface area contributed by atoms with E-state index in [1.54, 1.807) is 6.20 Å². The summed E-state index contributed by atoms with van der Waals surface area (Å²) >= 11 is 3.15. The zero-order valence-electron chi connectivity index (χ0n) is 11.0. The molecule has 3 aromatic heterocycles. The molecule has 3 aromatic rings. The van der Waals surface area contributed by atoms with Crippen LogP contribution in [0, 0.1) is 0 Å². The van der Waals surface area contributed by atoms with Gasteiger partial charge >= 0.3 is 126 Å². The molecule has 0 aromatic carbocycles. The number of halogens is 1. The summed E-state index contributed by atoms with van der Waals surface area (Å²) in [5.74, 6) is 0. The Labute approximate surface area is 126 Å². The van der Waals surface area contributed by atoms with Crippen LogP contribution in [0.25, 0.3) is 22.1 Å². The Hall–Kier alpha value is -0.877. The summed E-state index contributed by atoms with van der Waals surface area (Å²) in [7, 11) is 0. The van der Waals surface area contributed by atoms with Crippen molar-refractivity contribution in [1.29, 1.82) is 0 Å². The van der Waals surface area contributed by atoms with Gasteiger partial charge in [-0.3, -0.25) is 0 Å². The van der Waals surface area contributed by atoms with Crippen LogP contribution in [0.2, 0.25) is 4.25 Å². The summed E-state index contributed by atoms with van der Waals surface area (Å²) in [5.41, 5.74) is 1.49. The van der Waals surface area contributed by atoms with E-state index in [0.29, 0.717) is 9.96 Å². The molecule has 0 saturated heterocycles. The summed E-state index contributed by atoms with van der Waals surface area (Å²) < 4.78 is 8.10. The monoisotopic (exact) mass is 378 g/mol. The van der Waals surface area contributed by atoms with Crippen LogP contribution in [0.15, 0.2) is 33.4 Å². The van der Waals surface area contributed by atoms with Gasteiger partial charge in [-0.15, -0.1) is 0 Å². The average Bonchev–Trinajstić information content (AvgIpc) is 2.66. The van der Waals surface area contributed by atoms with Crippen LogP contribution in [-0.4, -0.2) is 25.4 Å². The molecular weight excluding hydrogens is 365 g/mol. The Morgan fingerprint density at radius 1 is 1.16 bits per heavy atom. The Balaban J connectivity index is 2.19. The van der Waals surface area contributed by atoms with E-state index >= 15 is 0 Å². The first-order valence-electron chi connectivity index (χ1n) is 6.06. The second kappa shape index (κ2) is 4.60. The van der Waals surface area contributed by atoms with Gasteiger partial charge < -0.3 is 0 Å². The van der Waals surface area contributed by atoms with Crippen LogP contribution < -0.4 is 4.53 Å². The van der Waals surface area contributed by atoms with Gasteiger partial charge in [-0.2, -0.15) is 0 Å². The van der Waals surface area contributed by atoms with Gasteiger partial charge in [0.15, 0.2) is 0 Å². The second-order valence-corrected chi connectivity index (χ2v) is 11.0. The van der Waals surface area contributed by atoms with Gasteiger partial charge in [0, 0.05) is 0 Å². The van der Waals surface area contributed by atoms with Gasteiger partial charge in [0.2, 0.25) is 0 Å². The van der Waals surface area contributed by atoms with Gasteiger partial charge in [0.05, 0.1) is 0 Å². The molecule has 0 aliphatic rings. The summed E-state index contributed by atoms with van der Waals surface area (Å²) in [6, 6.07) is 6.22. The van der Waals surface area contributed by atoms with E-state index in [1.807, 2.05) is 6.07 Å². The van der Waals surface area contributed by atoms with Gasteiger partial charge in [0.1, 0.15) is 0 Å². The fraction of sp³-hybridized carbons (Fsp3) is 0.286. The molecule has 3 heterocycles. The van der Waals surface area contributed by atoms with Crippen LogP contribution in [0.1, 0.15) is 20.8 Å². The Morgan fingerprint density at radius 3 is 2.68 bits per heavy atom. The quantitative estimate of drug-likeness (QED) is 0.479. The molecule has 0 amide bonds. The summed E-state index contributed by atoms with van der Waals surface area (Å²) in [5, 5.41) is 2.12. The maximum absolute atomic E-state index is 5.84. The predicted molar refractivity (Wildman–Crippen MR) is 82.1 cm³/mol. The first-order valence-corrected chi connectivity index (χ1v) is 8.95. The number of nitrogens with zero attached hydrogens (tertiary/aromatic N) is 2. The Morgan fingerprint density at radius 2 is 1.95 bits per heavy atom. The fourth-order valence-corrected chi connectivity index (χ4v) is 4.71.